The Morgan fingerprint density at radius 2 is 2.18 bits per heavy atom. The van der Waals surface area contributed by atoms with Gasteiger partial charge in [0.25, 0.3) is 5.91 Å². The molecule has 0 spiro atoms. The van der Waals surface area contributed by atoms with Crippen molar-refractivity contribution < 1.29 is 9.53 Å². The van der Waals surface area contributed by atoms with E-state index in [9.17, 15) is 4.79 Å². The van der Waals surface area contributed by atoms with Crippen molar-refractivity contribution in [1.29, 1.82) is 0 Å². The molecular formula is C16H18N4O2. The standard InChI is InChI=1S/C16H18N4O2/c1-11-17-8-7-13(19-11)14-4-3-9-20(14)16(21)12-5-6-15(22-2)18-10-12/h5-8,10,14H,3-4,9H2,1-2H3/t14-/m1/s1. The number of ether oxygens (including phenoxy) is 1. The highest BCUT2D eigenvalue weighted by Crippen LogP contribution is 2.32. The van der Waals surface area contributed by atoms with E-state index in [2.05, 4.69) is 15.0 Å². The zero-order valence-corrected chi connectivity index (χ0v) is 12.7. The summed E-state index contributed by atoms with van der Waals surface area (Å²) in [5, 5.41) is 0. The van der Waals surface area contributed by atoms with E-state index >= 15 is 0 Å². The van der Waals surface area contributed by atoms with Gasteiger partial charge < -0.3 is 9.64 Å². The number of nitrogens with zero attached hydrogens (tertiary/aromatic N) is 4. The maximum absolute atomic E-state index is 12.7. The van der Waals surface area contributed by atoms with Gasteiger partial charge in [0, 0.05) is 25.0 Å². The fraction of sp³-hybridized carbons (Fsp3) is 0.375. The van der Waals surface area contributed by atoms with Gasteiger partial charge in [0.2, 0.25) is 5.88 Å². The molecule has 3 rings (SSSR count). The molecule has 0 aliphatic carbocycles. The van der Waals surface area contributed by atoms with E-state index in [0.717, 1.165) is 30.9 Å². The third-order valence-electron chi connectivity index (χ3n) is 3.85. The first-order chi connectivity index (χ1) is 10.7. The molecule has 1 aliphatic rings. The second-order valence-corrected chi connectivity index (χ2v) is 5.27. The van der Waals surface area contributed by atoms with Crippen LogP contribution < -0.4 is 4.74 Å². The lowest BCUT2D eigenvalue weighted by atomic mass is 10.1. The van der Waals surface area contributed by atoms with Crippen LogP contribution in [0.15, 0.2) is 30.6 Å². The van der Waals surface area contributed by atoms with Crippen LogP contribution in [0.2, 0.25) is 0 Å². The molecule has 0 saturated carbocycles. The minimum Gasteiger partial charge on any atom is -0.481 e. The van der Waals surface area contributed by atoms with Gasteiger partial charge in [-0.3, -0.25) is 4.79 Å². The molecule has 1 saturated heterocycles. The molecule has 1 atom stereocenters. The molecule has 1 aliphatic heterocycles. The van der Waals surface area contributed by atoms with E-state index in [0.29, 0.717) is 11.4 Å². The van der Waals surface area contributed by atoms with Gasteiger partial charge in [0.05, 0.1) is 24.4 Å². The number of hydrogen-bond acceptors (Lipinski definition) is 5. The highest BCUT2D eigenvalue weighted by molar-refractivity contribution is 5.94. The van der Waals surface area contributed by atoms with Crippen LogP contribution in [0.3, 0.4) is 0 Å². The van der Waals surface area contributed by atoms with Crippen LogP contribution in [-0.2, 0) is 0 Å². The third-order valence-corrected chi connectivity index (χ3v) is 3.85. The molecule has 1 fully saturated rings. The first kappa shape index (κ1) is 14.4. The molecule has 6 heteroatoms. The van der Waals surface area contributed by atoms with Crippen molar-refractivity contribution in [3.63, 3.8) is 0 Å². The number of methoxy groups -OCH3 is 1. The van der Waals surface area contributed by atoms with Crippen molar-refractivity contribution in [3.05, 3.63) is 47.7 Å². The van der Waals surface area contributed by atoms with Gasteiger partial charge in [-0.05, 0) is 31.9 Å². The van der Waals surface area contributed by atoms with Crippen LogP contribution in [0.5, 0.6) is 5.88 Å². The zero-order valence-electron chi connectivity index (χ0n) is 12.7. The molecule has 2 aromatic rings. The number of aromatic nitrogens is 3. The van der Waals surface area contributed by atoms with Crippen molar-refractivity contribution in [2.75, 3.05) is 13.7 Å². The number of likely N-dealkylation sites (tertiary alicyclic amines) is 1. The van der Waals surface area contributed by atoms with Crippen LogP contribution >= 0.6 is 0 Å². The Kier molecular flexibility index (Phi) is 4.00. The maximum Gasteiger partial charge on any atom is 0.255 e. The Bertz CT molecular complexity index is 672. The number of amides is 1. The molecule has 22 heavy (non-hydrogen) atoms. The van der Waals surface area contributed by atoms with Crippen LogP contribution in [0.4, 0.5) is 0 Å². The Morgan fingerprint density at radius 3 is 2.86 bits per heavy atom. The average Bonchev–Trinajstić information content (AvgIpc) is 3.04. The molecule has 0 aromatic carbocycles. The minimum absolute atomic E-state index is 0.0105. The molecule has 0 N–H and O–H groups in total. The molecule has 3 heterocycles. The van der Waals surface area contributed by atoms with E-state index in [4.69, 9.17) is 4.74 Å². The molecule has 0 radical (unpaired) electrons. The lowest BCUT2D eigenvalue weighted by Gasteiger charge is -2.24. The first-order valence-electron chi connectivity index (χ1n) is 7.29. The number of carbonyl (C=O) groups excluding carboxylic acids is 1. The molecule has 6 nitrogen and oxygen atoms in total. The number of pyridine rings is 1. The maximum atomic E-state index is 12.7. The van der Waals surface area contributed by atoms with E-state index in [-0.39, 0.29) is 11.9 Å². The van der Waals surface area contributed by atoms with Gasteiger partial charge in [-0.25, -0.2) is 15.0 Å². The molecule has 1 amide bonds. The summed E-state index contributed by atoms with van der Waals surface area (Å²) < 4.78 is 5.03. The molecular weight excluding hydrogens is 280 g/mol. The Morgan fingerprint density at radius 1 is 1.32 bits per heavy atom. The van der Waals surface area contributed by atoms with Crippen molar-refractivity contribution in [3.8, 4) is 5.88 Å². The Labute approximate surface area is 129 Å². The second kappa shape index (κ2) is 6.09. The van der Waals surface area contributed by atoms with E-state index in [1.54, 1.807) is 31.6 Å². The quantitative estimate of drug-likeness (QED) is 0.868. The molecule has 2 aromatic heterocycles. The zero-order chi connectivity index (χ0) is 15.5. The number of aryl methyl sites for hydroxylation is 1. The summed E-state index contributed by atoms with van der Waals surface area (Å²) in [5.41, 5.74) is 1.47. The normalized spacial score (nSPS) is 17.5. The van der Waals surface area contributed by atoms with Crippen LogP contribution in [0.1, 0.15) is 40.8 Å². The third kappa shape index (κ3) is 2.77. The molecule has 114 valence electrons. The van der Waals surface area contributed by atoms with Crippen LogP contribution in [-0.4, -0.2) is 39.4 Å². The smallest absolute Gasteiger partial charge is 0.255 e. The van der Waals surface area contributed by atoms with Gasteiger partial charge >= 0.3 is 0 Å². The van der Waals surface area contributed by atoms with Crippen molar-refractivity contribution in [2.24, 2.45) is 0 Å². The summed E-state index contributed by atoms with van der Waals surface area (Å²) >= 11 is 0. The Balaban J connectivity index is 1.84. The van der Waals surface area contributed by atoms with Gasteiger partial charge in [0.1, 0.15) is 5.82 Å². The highest BCUT2D eigenvalue weighted by atomic mass is 16.5. The van der Waals surface area contributed by atoms with E-state index < -0.39 is 0 Å². The van der Waals surface area contributed by atoms with Crippen LogP contribution in [0, 0.1) is 6.92 Å². The lowest BCUT2D eigenvalue weighted by Crippen LogP contribution is -2.31. The summed E-state index contributed by atoms with van der Waals surface area (Å²) in [4.78, 5) is 27.3. The van der Waals surface area contributed by atoms with Gasteiger partial charge in [-0.15, -0.1) is 0 Å². The van der Waals surface area contributed by atoms with Crippen molar-refractivity contribution in [1.82, 2.24) is 19.9 Å². The highest BCUT2D eigenvalue weighted by Gasteiger charge is 2.31. The number of hydrogen-bond donors (Lipinski definition) is 0. The SMILES string of the molecule is COc1ccc(C(=O)N2CCC[C@@H]2c2ccnc(C)n2)cn1. The fourth-order valence-electron chi connectivity index (χ4n) is 2.77. The summed E-state index contributed by atoms with van der Waals surface area (Å²) in [5.74, 6) is 1.21. The lowest BCUT2D eigenvalue weighted by molar-refractivity contribution is 0.0732. The number of rotatable bonds is 3. The molecule has 0 bridgehead atoms. The van der Waals surface area contributed by atoms with Gasteiger partial charge in [0.15, 0.2) is 0 Å². The van der Waals surface area contributed by atoms with E-state index in [1.165, 1.54) is 0 Å². The van der Waals surface area contributed by atoms with E-state index in [1.807, 2.05) is 17.9 Å². The summed E-state index contributed by atoms with van der Waals surface area (Å²) in [7, 11) is 1.55. The van der Waals surface area contributed by atoms with Gasteiger partial charge in [-0.1, -0.05) is 0 Å². The topological polar surface area (TPSA) is 68.2 Å². The number of carbonyl (C=O) groups is 1. The summed E-state index contributed by atoms with van der Waals surface area (Å²) in [6.45, 7) is 2.59. The second-order valence-electron chi connectivity index (χ2n) is 5.27. The predicted molar refractivity (Wildman–Crippen MR) is 80.6 cm³/mol. The monoisotopic (exact) mass is 298 g/mol. The predicted octanol–water partition coefficient (Wildman–Crippen LogP) is 2.17. The van der Waals surface area contributed by atoms with Crippen LogP contribution in [0.25, 0.3) is 0 Å². The fourth-order valence-corrected chi connectivity index (χ4v) is 2.77. The van der Waals surface area contributed by atoms with Crippen molar-refractivity contribution in [2.45, 2.75) is 25.8 Å². The largest absolute Gasteiger partial charge is 0.481 e. The molecule has 0 unspecified atom stereocenters. The summed E-state index contributed by atoms with van der Waals surface area (Å²) in [6, 6.07) is 5.34. The Hall–Kier alpha value is -2.50. The van der Waals surface area contributed by atoms with Gasteiger partial charge in [-0.2, -0.15) is 0 Å². The first-order valence-corrected chi connectivity index (χ1v) is 7.29. The average molecular weight is 298 g/mol. The summed E-state index contributed by atoms with van der Waals surface area (Å²) in [6.07, 6.45) is 5.20. The van der Waals surface area contributed by atoms with Crippen molar-refractivity contribution >= 4 is 5.91 Å². The minimum atomic E-state index is -0.0195.